The summed E-state index contributed by atoms with van der Waals surface area (Å²) in [5.41, 5.74) is 10.2. The van der Waals surface area contributed by atoms with Crippen molar-refractivity contribution in [3.63, 3.8) is 0 Å². The predicted molar refractivity (Wildman–Crippen MR) is 74.3 cm³/mol. The number of nitrogens with two attached hydrogens (primary N) is 1. The summed E-state index contributed by atoms with van der Waals surface area (Å²) in [6, 6.07) is 5.08. The SMILES string of the molecule is Cc1[nH]c(C(=O)c2c(N)cccc2Cl)c(C)c1C. The number of benzene rings is 1. The number of halogens is 1. The molecule has 2 aromatic rings. The summed E-state index contributed by atoms with van der Waals surface area (Å²) in [5, 5.41) is 0.379. The number of ketones is 1. The molecule has 18 heavy (non-hydrogen) atoms. The van der Waals surface area contributed by atoms with Gasteiger partial charge >= 0.3 is 0 Å². The summed E-state index contributed by atoms with van der Waals surface area (Å²) in [7, 11) is 0. The molecule has 1 aromatic heterocycles. The highest BCUT2D eigenvalue weighted by molar-refractivity contribution is 6.35. The lowest BCUT2D eigenvalue weighted by Crippen LogP contribution is -2.08. The lowest BCUT2D eigenvalue weighted by Gasteiger charge is -2.06. The van der Waals surface area contributed by atoms with Gasteiger partial charge < -0.3 is 10.7 Å². The summed E-state index contributed by atoms with van der Waals surface area (Å²) >= 11 is 6.06. The highest BCUT2D eigenvalue weighted by atomic mass is 35.5. The van der Waals surface area contributed by atoms with E-state index in [1.54, 1.807) is 18.2 Å². The van der Waals surface area contributed by atoms with Crippen molar-refractivity contribution in [3.8, 4) is 0 Å². The summed E-state index contributed by atoms with van der Waals surface area (Å²) < 4.78 is 0. The molecule has 0 fully saturated rings. The average molecular weight is 263 g/mol. The molecule has 0 unspecified atom stereocenters. The second kappa shape index (κ2) is 4.50. The summed E-state index contributed by atoms with van der Waals surface area (Å²) in [6.45, 7) is 5.84. The number of aromatic nitrogens is 1. The molecule has 0 aliphatic carbocycles. The molecule has 0 saturated heterocycles. The lowest BCUT2D eigenvalue weighted by molar-refractivity contribution is 0.103. The van der Waals surface area contributed by atoms with Gasteiger partial charge in [-0.25, -0.2) is 0 Å². The van der Waals surface area contributed by atoms with Crippen LogP contribution in [0.3, 0.4) is 0 Å². The zero-order valence-corrected chi connectivity index (χ0v) is 11.4. The molecule has 0 aliphatic heterocycles. The largest absolute Gasteiger partial charge is 0.398 e. The van der Waals surface area contributed by atoms with Gasteiger partial charge in [0.2, 0.25) is 5.78 Å². The van der Waals surface area contributed by atoms with Crippen LogP contribution in [0.4, 0.5) is 5.69 Å². The predicted octanol–water partition coefficient (Wildman–Crippen LogP) is 3.41. The molecule has 0 saturated carbocycles. The molecular weight excluding hydrogens is 248 g/mol. The van der Waals surface area contributed by atoms with Gasteiger partial charge in [-0.3, -0.25) is 4.79 Å². The van der Waals surface area contributed by atoms with Crippen molar-refractivity contribution < 1.29 is 4.79 Å². The number of carbonyl (C=O) groups excluding carboxylic acids is 1. The number of nitrogen functional groups attached to an aromatic ring is 1. The standard InChI is InChI=1S/C14H15ClN2O/c1-7-8(2)13(17-9(7)3)14(18)12-10(15)5-4-6-11(12)16/h4-6,17H,16H2,1-3H3. The third-order valence-corrected chi connectivity index (χ3v) is 3.63. The molecule has 3 N–H and O–H groups in total. The topological polar surface area (TPSA) is 58.9 Å². The fourth-order valence-electron chi connectivity index (χ4n) is 1.98. The Morgan fingerprint density at radius 3 is 2.39 bits per heavy atom. The Bertz CT molecular complexity index is 609. The zero-order chi connectivity index (χ0) is 13.4. The van der Waals surface area contributed by atoms with Crippen LogP contribution < -0.4 is 5.73 Å². The van der Waals surface area contributed by atoms with E-state index in [1.807, 2.05) is 20.8 Å². The number of aromatic amines is 1. The molecule has 3 nitrogen and oxygen atoms in total. The van der Waals surface area contributed by atoms with Crippen LogP contribution in [0.2, 0.25) is 5.02 Å². The summed E-state index contributed by atoms with van der Waals surface area (Å²) in [4.78, 5) is 15.6. The molecule has 0 aliphatic rings. The van der Waals surface area contributed by atoms with Crippen LogP contribution in [-0.2, 0) is 0 Å². The van der Waals surface area contributed by atoms with Crippen molar-refractivity contribution >= 4 is 23.1 Å². The van der Waals surface area contributed by atoms with Crippen LogP contribution in [-0.4, -0.2) is 10.8 Å². The Morgan fingerprint density at radius 1 is 1.22 bits per heavy atom. The first kappa shape index (κ1) is 12.7. The van der Waals surface area contributed by atoms with Crippen LogP contribution in [0.15, 0.2) is 18.2 Å². The number of rotatable bonds is 2. The number of hydrogen-bond acceptors (Lipinski definition) is 2. The van der Waals surface area contributed by atoms with E-state index in [4.69, 9.17) is 17.3 Å². The maximum absolute atomic E-state index is 12.5. The van der Waals surface area contributed by atoms with Crippen LogP contribution in [0.1, 0.15) is 32.9 Å². The van der Waals surface area contributed by atoms with E-state index in [0.717, 1.165) is 16.8 Å². The molecule has 4 heteroatoms. The highest BCUT2D eigenvalue weighted by Gasteiger charge is 2.20. The minimum absolute atomic E-state index is 0.160. The van der Waals surface area contributed by atoms with Gasteiger partial charge in [-0.2, -0.15) is 0 Å². The Balaban J connectivity index is 2.59. The van der Waals surface area contributed by atoms with Crippen molar-refractivity contribution in [2.75, 3.05) is 5.73 Å². The van der Waals surface area contributed by atoms with Crippen molar-refractivity contribution in [1.29, 1.82) is 0 Å². The first-order valence-electron chi connectivity index (χ1n) is 5.68. The molecule has 1 heterocycles. The third kappa shape index (κ3) is 1.91. The minimum atomic E-state index is -0.160. The van der Waals surface area contributed by atoms with Crippen LogP contribution in [0.25, 0.3) is 0 Å². The molecule has 1 aromatic carbocycles. The van der Waals surface area contributed by atoms with Gasteiger partial charge in [0.05, 0.1) is 16.3 Å². The van der Waals surface area contributed by atoms with Gasteiger partial charge in [0.15, 0.2) is 0 Å². The van der Waals surface area contributed by atoms with Crippen LogP contribution >= 0.6 is 11.6 Å². The van der Waals surface area contributed by atoms with E-state index in [2.05, 4.69) is 4.98 Å². The maximum Gasteiger partial charge on any atom is 0.213 e. The zero-order valence-electron chi connectivity index (χ0n) is 10.6. The molecule has 0 bridgehead atoms. The lowest BCUT2D eigenvalue weighted by atomic mass is 10.0. The summed E-state index contributed by atoms with van der Waals surface area (Å²) in [6.07, 6.45) is 0. The normalized spacial score (nSPS) is 10.7. The van der Waals surface area contributed by atoms with E-state index >= 15 is 0 Å². The number of hydrogen-bond donors (Lipinski definition) is 2. The molecular formula is C14H15ClN2O. The fourth-order valence-corrected chi connectivity index (χ4v) is 2.24. The Morgan fingerprint density at radius 2 is 1.89 bits per heavy atom. The van der Waals surface area contributed by atoms with Crippen molar-refractivity contribution in [1.82, 2.24) is 4.98 Å². The Hall–Kier alpha value is -1.74. The van der Waals surface area contributed by atoms with Gasteiger partial charge in [0, 0.05) is 11.4 Å². The van der Waals surface area contributed by atoms with E-state index in [-0.39, 0.29) is 5.78 Å². The second-order valence-electron chi connectivity index (χ2n) is 4.41. The van der Waals surface area contributed by atoms with E-state index in [9.17, 15) is 4.79 Å². The number of aryl methyl sites for hydroxylation is 1. The van der Waals surface area contributed by atoms with Gasteiger partial charge in [0.1, 0.15) is 0 Å². The van der Waals surface area contributed by atoms with E-state index in [0.29, 0.717) is 22.0 Å². The molecule has 2 rings (SSSR count). The van der Waals surface area contributed by atoms with Crippen LogP contribution in [0, 0.1) is 20.8 Å². The first-order valence-corrected chi connectivity index (χ1v) is 6.05. The number of carbonyl (C=O) groups is 1. The number of anilines is 1. The van der Waals surface area contributed by atoms with Gasteiger partial charge in [-0.15, -0.1) is 0 Å². The Labute approximate surface area is 111 Å². The second-order valence-corrected chi connectivity index (χ2v) is 4.82. The smallest absolute Gasteiger partial charge is 0.213 e. The molecule has 0 spiro atoms. The number of nitrogens with one attached hydrogen (secondary N) is 1. The molecule has 0 amide bonds. The Kier molecular flexibility index (Phi) is 3.18. The van der Waals surface area contributed by atoms with E-state index < -0.39 is 0 Å². The fraction of sp³-hybridized carbons (Fsp3) is 0.214. The van der Waals surface area contributed by atoms with Crippen molar-refractivity contribution in [3.05, 3.63) is 51.3 Å². The maximum atomic E-state index is 12.5. The van der Waals surface area contributed by atoms with Gasteiger partial charge in [0.25, 0.3) is 0 Å². The average Bonchev–Trinajstić information content (AvgIpc) is 2.56. The molecule has 94 valence electrons. The van der Waals surface area contributed by atoms with Crippen LogP contribution in [0.5, 0.6) is 0 Å². The number of H-pyrrole nitrogens is 1. The molecule has 0 atom stereocenters. The third-order valence-electron chi connectivity index (χ3n) is 3.31. The van der Waals surface area contributed by atoms with Crippen molar-refractivity contribution in [2.24, 2.45) is 0 Å². The molecule has 0 radical (unpaired) electrons. The quantitative estimate of drug-likeness (QED) is 0.644. The highest BCUT2D eigenvalue weighted by Crippen LogP contribution is 2.27. The minimum Gasteiger partial charge on any atom is -0.398 e. The monoisotopic (exact) mass is 262 g/mol. The van der Waals surface area contributed by atoms with E-state index in [1.165, 1.54) is 0 Å². The van der Waals surface area contributed by atoms with Crippen molar-refractivity contribution in [2.45, 2.75) is 20.8 Å². The van der Waals surface area contributed by atoms with Gasteiger partial charge in [-0.1, -0.05) is 17.7 Å². The first-order chi connectivity index (χ1) is 8.43. The van der Waals surface area contributed by atoms with Gasteiger partial charge in [-0.05, 0) is 44.0 Å². The summed E-state index contributed by atoms with van der Waals surface area (Å²) in [5.74, 6) is -0.160.